The van der Waals surface area contributed by atoms with E-state index in [0.717, 1.165) is 0 Å². The van der Waals surface area contributed by atoms with Crippen LogP contribution in [0.2, 0.25) is 0 Å². The number of carbonyl (C=O) groups excluding carboxylic acids is 1. The number of terminal acetylenes is 1. The lowest BCUT2D eigenvalue weighted by molar-refractivity contribution is -0.121. The third kappa shape index (κ3) is 3.75. The van der Waals surface area contributed by atoms with Crippen molar-refractivity contribution in [1.82, 2.24) is 5.32 Å². The highest BCUT2D eigenvalue weighted by molar-refractivity contribution is 9.10. The lowest BCUT2D eigenvalue weighted by Gasteiger charge is -2.16. The molecule has 0 saturated carbocycles. The molecule has 5 heteroatoms. The summed E-state index contributed by atoms with van der Waals surface area (Å²) in [6.07, 6.45) is 5.03. The average molecular weight is 299 g/mol. The van der Waals surface area contributed by atoms with Crippen LogP contribution in [0.1, 0.15) is 6.92 Å². The molecule has 0 aromatic heterocycles. The molecule has 1 atom stereocenters. The average Bonchev–Trinajstić information content (AvgIpc) is 2.30. The first-order valence-electron chi connectivity index (χ1n) is 4.98. The molecule has 0 bridgehead atoms. The Morgan fingerprint density at radius 2 is 2.35 bits per heavy atom. The van der Waals surface area contributed by atoms with E-state index in [1.807, 2.05) is 0 Å². The highest BCUT2D eigenvalue weighted by atomic mass is 79.9. The Kier molecular flexibility index (Phi) is 4.98. The molecule has 17 heavy (non-hydrogen) atoms. The number of amides is 1. The van der Waals surface area contributed by atoms with Crippen LogP contribution in [0.3, 0.4) is 0 Å². The maximum absolute atomic E-state index is 13.5. The molecule has 0 heterocycles. The molecule has 0 aliphatic carbocycles. The molecule has 3 nitrogen and oxygen atoms in total. The second kappa shape index (κ2) is 6.26. The molecule has 0 aliphatic rings. The molecule has 1 amide bonds. The minimum atomic E-state index is -0.573. The molecular weight excluding hydrogens is 287 g/mol. The molecule has 0 spiro atoms. The largest absolute Gasteiger partial charge is 0.371 e. The third-order valence-electron chi connectivity index (χ3n) is 2.08. The first kappa shape index (κ1) is 13.5. The predicted molar refractivity (Wildman–Crippen MR) is 69.0 cm³/mol. The lowest BCUT2D eigenvalue weighted by Crippen LogP contribution is -2.37. The molecule has 2 N–H and O–H groups in total. The quantitative estimate of drug-likeness (QED) is 0.836. The summed E-state index contributed by atoms with van der Waals surface area (Å²) in [7, 11) is 0. The van der Waals surface area contributed by atoms with Crippen LogP contribution >= 0.6 is 15.9 Å². The van der Waals surface area contributed by atoms with Crippen LogP contribution in [0.15, 0.2) is 22.7 Å². The van der Waals surface area contributed by atoms with Gasteiger partial charge in [-0.2, -0.15) is 0 Å². The van der Waals surface area contributed by atoms with Gasteiger partial charge in [0, 0.05) is 4.47 Å². The molecule has 0 saturated heterocycles. The highest BCUT2D eigenvalue weighted by Gasteiger charge is 2.15. The summed E-state index contributed by atoms with van der Waals surface area (Å²) in [5.41, 5.74) is 0.260. The van der Waals surface area contributed by atoms with Crippen molar-refractivity contribution in [2.24, 2.45) is 0 Å². The van der Waals surface area contributed by atoms with Crippen LogP contribution in [0.5, 0.6) is 0 Å². The monoisotopic (exact) mass is 298 g/mol. The van der Waals surface area contributed by atoms with E-state index in [4.69, 9.17) is 6.42 Å². The van der Waals surface area contributed by atoms with Crippen molar-refractivity contribution in [3.63, 3.8) is 0 Å². The molecule has 1 aromatic rings. The van der Waals surface area contributed by atoms with Gasteiger partial charge in [0.15, 0.2) is 0 Å². The summed E-state index contributed by atoms with van der Waals surface area (Å²) in [6.45, 7) is 1.79. The smallest absolute Gasteiger partial charge is 0.242 e. The zero-order valence-electron chi connectivity index (χ0n) is 9.26. The summed E-state index contributed by atoms with van der Waals surface area (Å²) in [5, 5.41) is 5.30. The molecule has 1 rings (SSSR count). The van der Waals surface area contributed by atoms with E-state index in [0.29, 0.717) is 4.47 Å². The fourth-order valence-corrected chi connectivity index (χ4v) is 1.67. The van der Waals surface area contributed by atoms with E-state index < -0.39 is 11.9 Å². The minimum Gasteiger partial charge on any atom is -0.371 e. The first-order chi connectivity index (χ1) is 8.06. The Hall–Kier alpha value is -1.54. The number of anilines is 1. The van der Waals surface area contributed by atoms with Gasteiger partial charge in [0.05, 0.1) is 12.2 Å². The van der Waals surface area contributed by atoms with Crippen LogP contribution in [0, 0.1) is 18.2 Å². The number of hydrogen-bond acceptors (Lipinski definition) is 2. The van der Waals surface area contributed by atoms with Crippen molar-refractivity contribution in [2.75, 3.05) is 11.9 Å². The maximum atomic E-state index is 13.5. The van der Waals surface area contributed by atoms with Gasteiger partial charge < -0.3 is 10.6 Å². The summed E-state index contributed by atoms with van der Waals surface area (Å²) in [5.74, 6) is 1.60. The Morgan fingerprint density at radius 1 is 1.65 bits per heavy atom. The Balaban J connectivity index is 2.71. The van der Waals surface area contributed by atoms with Gasteiger partial charge in [0.25, 0.3) is 0 Å². The molecule has 1 aromatic carbocycles. The standard InChI is InChI=1S/C12H12BrFN2O/c1-3-7-15-12(17)8(2)16-11-9(13)5-4-6-10(11)14/h1,4-6,8,16H,7H2,2H3,(H,15,17). The second-order valence-electron chi connectivity index (χ2n) is 3.38. The fraction of sp³-hybridized carbons (Fsp3) is 0.250. The Labute approximate surface area is 108 Å². The highest BCUT2D eigenvalue weighted by Crippen LogP contribution is 2.25. The molecule has 1 unspecified atom stereocenters. The summed E-state index contributed by atoms with van der Waals surface area (Å²) >= 11 is 3.21. The summed E-state index contributed by atoms with van der Waals surface area (Å²) in [6, 6.07) is 4.01. The van der Waals surface area contributed by atoms with Crippen molar-refractivity contribution in [2.45, 2.75) is 13.0 Å². The van der Waals surface area contributed by atoms with Gasteiger partial charge in [-0.3, -0.25) is 4.79 Å². The SMILES string of the molecule is C#CCNC(=O)C(C)Nc1c(F)cccc1Br. The van der Waals surface area contributed by atoms with Gasteiger partial charge in [-0.25, -0.2) is 4.39 Å². The number of rotatable bonds is 4. The maximum Gasteiger partial charge on any atom is 0.242 e. The Morgan fingerprint density at radius 3 is 2.94 bits per heavy atom. The van der Waals surface area contributed by atoms with E-state index in [2.05, 4.69) is 32.5 Å². The fourth-order valence-electron chi connectivity index (χ4n) is 1.21. The van der Waals surface area contributed by atoms with Crippen molar-refractivity contribution in [3.05, 3.63) is 28.5 Å². The number of carbonyl (C=O) groups is 1. The minimum absolute atomic E-state index is 0.156. The molecule has 0 fully saturated rings. The van der Waals surface area contributed by atoms with E-state index in [9.17, 15) is 9.18 Å². The summed E-state index contributed by atoms with van der Waals surface area (Å²) in [4.78, 5) is 11.5. The van der Waals surface area contributed by atoms with Crippen LogP contribution < -0.4 is 10.6 Å². The van der Waals surface area contributed by atoms with Crippen molar-refractivity contribution < 1.29 is 9.18 Å². The van der Waals surface area contributed by atoms with Crippen LogP contribution in [-0.2, 0) is 4.79 Å². The van der Waals surface area contributed by atoms with Gasteiger partial charge in [-0.1, -0.05) is 12.0 Å². The van der Waals surface area contributed by atoms with Crippen molar-refractivity contribution in [1.29, 1.82) is 0 Å². The van der Waals surface area contributed by atoms with Gasteiger partial charge in [-0.15, -0.1) is 6.42 Å². The van der Waals surface area contributed by atoms with Gasteiger partial charge in [-0.05, 0) is 35.0 Å². The normalized spacial score (nSPS) is 11.4. The zero-order chi connectivity index (χ0) is 12.8. The molecular formula is C12H12BrFN2O. The lowest BCUT2D eigenvalue weighted by atomic mass is 10.2. The molecule has 90 valence electrons. The second-order valence-corrected chi connectivity index (χ2v) is 4.24. The van der Waals surface area contributed by atoms with Gasteiger partial charge in [0.1, 0.15) is 11.9 Å². The molecule has 0 radical (unpaired) electrons. The number of benzene rings is 1. The van der Waals surface area contributed by atoms with Crippen LogP contribution in [-0.4, -0.2) is 18.5 Å². The zero-order valence-corrected chi connectivity index (χ0v) is 10.8. The van der Waals surface area contributed by atoms with E-state index in [-0.39, 0.29) is 18.1 Å². The topological polar surface area (TPSA) is 41.1 Å². The van der Waals surface area contributed by atoms with Gasteiger partial charge in [0.2, 0.25) is 5.91 Å². The van der Waals surface area contributed by atoms with Crippen molar-refractivity contribution in [3.8, 4) is 12.3 Å². The predicted octanol–water partition coefficient (Wildman–Crippen LogP) is 2.14. The first-order valence-corrected chi connectivity index (χ1v) is 5.77. The number of para-hydroxylation sites is 1. The third-order valence-corrected chi connectivity index (χ3v) is 2.74. The van der Waals surface area contributed by atoms with E-state index in [1.165, 1.54) is 6.07 Å². The van der Waals surface area contributed by atoms with Crippen molar-refractivity contribution >= 4 is 27.5 Å². The summed E-state index contributed by atoms with van der Waals surface area (Å²) < 4.78 is 14.0. The van der Waals surface area contributed by atoms with Gasteiger partial charge >= 0.3 is 0 Å². The van der Waals surface area contributed by atoms with E-state index in [1.54, 1.807) is 19.1 Å². The van der Waals surface area contributed by atoms with Crippen LogP contribution in [0.25, 0.3) is 0 Å². The number of halogens is 2. The van der Waals surface area contributed by atoms with Crippen LogP contribution in [0.4, 0.5) is 10.1 Å². The Bertz CT molecular complexity index is 436. The number of nitrogens with one attached hydrogen (secondary N) is 2. The van der Waals surface area contributed by atoms with E-state index >= 15 is 0 Å². The number of hydrogen-bond donors (Lipinski definition) is 2. The molecule has 0 aliphatic heterocycles.